The molecular formula is C8H14ClNO3. The van der Waals surface area contributed by atoms with Crippen LogP contribution in [0.25, 0.3) is 0 Å². The zero-order valence-corrected chi connectivity index (χ0v) is 8.30. The summed E-state index contributed by atoms with van der Waals surface area (Å²) in [4.78, 5) is 20.9. The van der Waals surface area contributed by atoms with Crippen molar-refractivity contribution >= 4 is 23.5 Å². The monoisotopic (exact) mass is 207 g/mol. The van der Waals surface area contributed by atoms with E-state index >= 15 is 0 Å². The molecule has 0 rings (SSSR count). The number of carbonyl (C=O) groups is 2. The van der Waals surface area contributed by atoms with Gasteiger partial charge in [-0.2, -0.15) is 0 Å². The van der Waals surface area contributed by atoms with E-state index in [4.69, 9.17) is 16.7 Å². The minimum Gasteiger partial charge on any atom is -0.465 e. The number of alkyl halides is 1. The smallest absolute Gasteiger partial charge is 0.404 e. The number of halogens is 1. The van der Waals surface area contributed by atoms with Crippen molar-refractivity contribution in [2.75, 3.05) is 12.4 Å². The van der Waals surface area contributed by atoms with Gasteiger partial charge in [0.15, 0.2) is 0 Å². The highest BCUT2D eigenvalue weighted by atomic mass is 35.5. The molecule has 0 unspecified atom stereocenters. The van der Waals surface area contributed by atoms with Gasteiger partial charge in [-0.15, -0.1) is 11.6 Å². The number of amides is 1. The number of nitrogens with one attached hydrogen (secondary N) is 1. The second-order valence-corrected chi connectivity index (χ2v) is 3.27. The molecule has 0 aliphatic rings. The molecule has 0 aliphatic carbocycles. The van der Waals surface area contributed by atoms with Crippen molar-refractivity contribution in [2.45, 2.75) is 19.8 Å². The summed E-state index contributed by atoms with van der Waals surface area (Å²) < 4.78 is 0. The van der Waals surface area contributed by atoms with Crippen LogP contribution in [0, 0.1) is 5.92 Å². The standard InChI is InChI=1S/C8H14ClNO3/c1-6(4-7(11)5-9)2-3-10-8(12)13/h6,10H,2-5H2,1H3,(H,12,13)/t6-/m0/s1. The number of hydrogen-bond donors (Lipinski definition) is 2. The predicted molar refractivity (Wildman–Crippen MR) is 50.2 cm³/mol. The third-order valence-corrected chi connectivity index (χ3v) is 1.94. The third-order valence-electron chi connectivity index (χ3n) is 1.64. The summed E-state index contributed by atoms with van der Waals surface area (Å²) in [7, 11) is 0. The van der Waals surface area contributed by atoms with Crippen molar-refractivity contribution in [3.05, 3.63) is 0 Å². The van der Waals surface area contributed by atoms with E-state index in [0.29, 0.717) is 19.4 Å². The summed E-state index contributed by atoms with van der Waals surface area (Å²) in [5.41, 5.74) is 0. The van der Waals surface area contributed by atoms with Crippen LogP contribution in [-0.2, 0) is 4.79 Å². The molecule has 13 heavy (non-hydrogen) atoms. The van der Waals surface area contributed by atoms with E-state index in [0.717, 1.165) is 0 Å². The largest absolute Gasteiger partial charge is 0.465 e. The number of Topliss-reactive ketones (excluding diaryl/α,β-unsaturated/α-hetero) is 1. The molecule has 76 valence electrons. The van der Waals surface area contributed by atoms with Gasteiger partial charge >= 0.3 is 6.09 Å². The quantitative estimate of drug-likeness (QED) is 0.649. The molecule has 5 heteroatoms. The van der Waals surface area contributed by atoms with E-state index in [9.17, 15) is 9.59 Å². The summed E-state index contributed by atoms with van der Waals surface area (Å²) >= 11 is 5.32. The van der Waals surface area contributed by atoms with E-state index in [-0.39, 0.29) is 17.6 Å². The normalized spacial score (nSPS) is 12.2. The number of hydrogen-bond acceptors (Lipinski definition) is 2. The molecule has 1 amide bonds. The minimum absolute atomic E-state index is 0.00416. The Bertz CT molecular complexity index is 184. The van der Waals surface area contributed by atoms with Gasteiger partial charge in [-0.3, -0.25) is 4.79 Å². The van der Waals surface area contributed by atoms with Crippen LogP contribution in [0.15, 0.2) is 0 Å². The number of ketones is 1. The van der Waals surface area contributed by atoms with Gasteiger partial charge in [-0.25, -0.2) is 4.79 Å². The molecule has 0 aromatic rings. The lowest BCUT2D eigenvalue weighted by molar-refractivity contribution is -0.117. The van der Waals surface area contributed by atoms with Crippen LogP contribution in [0.1, 0.15) is 19.8 Å². The van der Waals surface area contributed by atoms with Gasteiger partial charge in [0.05, 0.1) is 5.88 Å². The van der Waals surface area contributed by atoms with E-state index in [1.807, 2.05) is 6.92 Å². The number of carbonyl (C=O) groups excluding carboxylic acids is 1. The van der Waals surface area contributed by atoms with E-state index in [1.54, 1.807) is 0 Å². The fraction of sp³-hybridized carbons (Fsp3) is 0.750. The first-order chi connectivity index (χ1) is 6.06. The Morgan fingerprint density at radius 2 is 2.15 bits per heavy atom. The summed E-state index contributed by atoms with van der Waals surface area (Å²) in [5, 5.41) is 10.5. The minimum atomic E-state index is -1.03. The molecule has 0 aromatic heterocycles. The first-order valence-corrected chi connectivity index (χ1v) is 4.64. The lowest BCUT2D eigenvalue weighted by Gasteiger charge is -2.08. The molecule has 0 aliphatic heterocycles. The van der Waals surface area contributed by atoms with Crippen LogP contribution in [-0.4, -0.2) is 29.4 Å². The zero-order chi connectivity index (χ0) is 10.3. The molecular weight excluding hydrogens is 194 g/mol. The third kappa shape index (κ3) is 7.59. The highest BCUT2D eigenvalue weighted by Crippen LogP contribution is 2.07. The molecule has 0 aromatic carbocycles. The highest BCUT2D eigenvalue weighted by molar-refractivity contribution is 6.27. The highest BCUT2D eigenvalue weighted by Gasteiger charge is 2.08. The Labute approximate surface area is 82.3 Å². The summed E-state index contributed by atoms with van der Waals surface area (Å²) in [6, 6.07) is 0. The molecule has 0 radical (unpaired) electrons. The maximum absolute atomic E-state index is 10.9. The van der Waals surface area contributed by atoms with Gasteiger partial charge in [0, 0.05) is 13.0 Å². The van der Waals surface area contributed by atoms with Crippen molar-refractivity contribution < 1.29 is 14.7 Å². The Kier molecular flexibility index (Phi) is 6.32. The fourth-order valence-electron chi connectivity index (χ4n) is 0.971. The summed E-state index contributed by atoms with van der Waals surface area (Å²) in [6.07, 6.45) is 0.0515. The molecule has 0 spiro atoms. The lowest BCUT2D eigenvalue weighted by Crippen LogP contribution is -2.23. The zero-order valence-electron chi connectivity index (χ0n) is 7.55. The average Bonchev–Trinajstić information content (AvgIpc) is 2.03. The summed E-state index contributed by atoms with van der Waals surface area (Å²) in [6.45, 7) is 2.28. The summed E-state index contributed by atoms with van der Waals surface area (Å²) in [5.74, 6) is 0.221. The van der Waals surface area contributed by atoms with Crippen molar-refractivity contribution in [3.8, 4) is 0 Å². The molecule has 2 N–H and O–H groups in total. The maximum atomic E-state index is 10.9. The molecule has 0 bridgehead atoms. The van der Waals surface area contributed by atoms with Crippen LogP contribution in [0.2, 0.25) is 0 Å². The fourth-order valence-corrected chi connectivity index (χ4v) is 1.08. The van der Waals surface area contributed by atoms with Gasteiger partial charge in [0.2, 0.25) is 0 Å². The maximum Gasteiger partial charge on any atom is 0.404 e. The molecule has 1 atom stereocenters. The van der Waals surface area contributed by atoms with Crippen molar-refractivity contribution in [1.29, 1.82) is 0 Å². The van der Waals surface area contributed by atoms with E-state index in [2.05, 4.69) is 5.32 Å². The van der Waals surface area contributed by atoms with Gasteiger partial charge in [-0.1, -0.05) is 6.92 Å². The second kappa shape index (κ2) is 6.71. The van der Waals surface area contributed by atoms with Crippen molar-refractivity contribution in [3.63, 3.8) is 0 Å². The second-order valence-electron chi connectivity index (χ2n) is 3.00. The first-order valence-electron chi connectivity index (χ1n) is 4.10. The molecule has 4 nitrogen and oxygen atoms in total. The topological polar surface area (TPSA) is 66.4 Å². The predicted octanol–water partition coefficient (Wildman–Crippen LogP) is 1.48. The Morgan fingerprint density at radius 1 is 1.54 bits per heavy atom. The van der Waals surface area contributed by atoms with Crippen LogP contribution in [0.5, 0.6) is 0 Å². The number of rotatable bonds is 6. The van der Waals surface area contributed by atoms with Crippen molar-refractivity contribution in [1.82, 2.24) is 5.32 Å². The lowest BCUT2D eigenvalue weighted by atomic mass is 10.0. The SMILES string of the molecule is C[C@@H](CCNC(=O)O)CC(=O)CCl. The van der Waals surface area contributed by atoms with Gasteiger partial charge in [0.1, 0.15) is 5.78 Å². The van der Waals surface area contributed by atoms with Crippen LogP contribution in [0.3, 0.4) is 0 Å². The first kappa shape index (κ1) is 12.2. The van der Waals surface area contributed by atoms with Gasteiger partial charge in [-0.05, 0) is 12.3 Å². The number of carboxylic acid groups (broad SMARTS) is 1. The van der Waals surface area contributed by atoms with Crippen LogP contribution in [0.4, 0.5) is 4.79 Å². The Hall–Kier alpha value is -0.770. The van der Waals surface area contributed by atoms with E-state index in [1.165, 1.54) is 0 Å². The van der Waals surface area contributed by atoms with Gasteiger partial charge < -0.3 is 10.4 Å². The molecule has 0 saturated carbocycles. The molecule has 0 heterocycles. The molecule has 0 fully saturated rings. The van der Waals surface area contributed by atoms with Crippen LogP contribution >= 0.6 is 11.6 Å². The Morgan fingerprint density at radius 3 is 2.62 bits per heavy atom. The van der Waals surface area contributed by atoms with Gasteiger partial charge in [0.25, 0.3) is 0 Å². The van der Waals surface area contributed by atoms with Crippen molar-refractivity contribution in [2.24, 2.45) is 5.92 Å². The molecule has 0 saturated heterocycles. The Balaban J connectivity index is 3.45. The van der Waals surface area contributed by atoms with E-state index < -0.39 is 6.09 Å². The van der Waals surface area contributed by atoms with Crippen LogP contribution < -0.4 is 5.32 Å². The average molecular weight is 208 g/mol.